The van der Waals surface area contributed by atoms with E-state index in [1.54, 1.807) is 6.07 Å². The molecule has 0 saturated carbocycles. The Bertz CT molecular complexity index is 642. The maximum atomic E-state index is 11.4. The second kappa shape index (κ2) is 5.88. The molecule has 1 aromatic rings. The van der Waals surface area contributed by atoms with Crippen LogP contribution in [0, 0.1) is 10.1 Å². The van der Waals surface area contributed by atoms with Crippen LogP contribution in [0.25, 0.3) is 0 Å². The van der Waals surface area contributed by atoms with Gasteiger partial charge < -0.3 is 10.1 Å². The van der Waals surface area contributed by atoms with Crippen LogP contribution in [-0.2, 0) is 9.84 Å². The molecule has 21 heavy (non-hydrogen) atoms. The minimum Gasteiger partial charge on any atom is -0.491 e. The number of anilines is 1. The van der Waals surface area contributed by atoms with Crippen molar-refractivity contribution in [2.45, 2.75) is 32.4 Å². The van der Waals surface area contributed by atoms with Gasteiger partial charge in [0.25, 0.3) is 5.69 Å². The summed E-state index contributed by atoms with van der Waals surface area (Å²) in [7, 11) is -3.00. The highest BCUT2D eigenvalue weighted by Gasteiger charge is 2.28. The van der Waals surface area contributed by atoms with Crippen LogP contribution in [0.2, 0.25) is 0 Å². The van der Waals surface area contributed by atoms with Crippen molar-refractivity contribution < 1.29 is 18.1 Å². The van der Waals surface area contributed by atoms with Gasteiger partial charge in [0.15, 0.2) is 9.84 Å². The molecule has 1 aliphatic rings. The first kappa shape index (κ1) is 15.6. The van der Waals surface area contributed by atoms with E-state index < -0.39 is 14.8 Å². The molecular formula is C13H18N2O5S. The number of sulfone groups is 1. The third kappa shape index (κ3) is 4.32. The third-order valence-corrected chi connectivity index (χ3v) is 4.85. The van der Waals surface area contributed by atoms with Gasteiger partial charge in [-0.1, -0.05) is 0 Å². The van der Waals surface area contributed by atoms with Crippen molar-refractivity contribution >= 4 is 21.2 Å². The van der Waals surface area contributed by atoms with Crippen molar-refractivity contribution in [1.29, 1.82) is 0 Å². The lowest BCUT2D eigenvalue weighted by atomic mass is 10.2. The lowest BCUT2D eigenvalue weighted by Crippen LogP contribution is -2.20. The van der Waals surface area contributed by atoms with Crippen molar-refractivity contribution in [3.05, 3.63) is 28.3 Å². The van der Waals surface area contributed by atoms with Gasteiger partial charge in [0.2, 0.25) is 0 Å². The van der Waals surface area contributed by atoms with Gasteiger partial charge in [-0.3, -0.25) is 10.1 Å². The van der Waals surface area contributed by atoms with E-state index in [2.05, 4.69) is 5.32 Å². The summed E-state index contributed by atoms with van der Waals surface area (Å²) in [6.07, 6.45) is 0.400. The van der Waals surface area contributed by atoms with Gasteiger partial charge in [-0.2, -0.15) is 0 Å². The fourth-order valence-corrected chi connectivity index (χ4v) is 3.93. The predicted molar refractivity (Wildman–Crippen MR) is 79.5 cm³/mol. The molecule has 116 valence electrons. The van der Waals surface area contributed by atoms with Gasteiger partial charge in [-0.05, 0) is 20.3 Å². The maximum Gasteiger partial charge on any atom is 0.275 e. The van der Waals surface area contributed by atoms with Crippen LogP contribution in [0.1, 0.15) is 20.3 Å². The minimum atomic E-state index is -3.00. The summed E-state index contributed by atoms with van der Waals surface area (Å²) >= 11 is 0. The summed E-state index contributed by atoms with van der Waals surface area (Å²) in [6, 6.07) is 4.18. The van der Waals surface area contributed by atoms with E-state index in [1.165, 1.54) is 12.1 Å². The Balaban J connectivity index is 2.21. The monoisotopic (exact) mass is 314 g/mol. The zero-order valence-electron chi connectivity index (χ0n) is 11.9. The van der Waals surface area contributed by atoms with Crippen molar-refractivity contribution in [3.8, 4) is 5.75 Å². The molecule has 0 aromatic heterocycles. The molecule has 1 unspecified atom stereocenters. The largest absolute Gasteiger partial charge is 0.491 e. The lowest BCUT2D eigenvalue weighted by molar-refractivity contribution is -0.384. The summed E-state index contributed by atoms with van der Waals surface area (Å²) in [5, 5.41) is 14.0. The first-order valence-corrected chi connectivity index (χ1v) is 8.50. The number of benzene rings is 1. The van der Waals surface area contributed by atoms with Gasteiger partial charge in [0.05, 0.1) is 28.6 Å². The van der Waals surface area contributed by atoms with Gasteiger partial charge in [-0.25, -0.2) is 8.42 Å². The minimum absolute atomic E-state index is 0.0516. The van der Waals surface area contributed by atoms with E-state index in [9.17, 15) is 18.5 Å². The molecule has 0 bridgehead atoms. The Morgan fingerprint density at radius 3 is 2.62 bits per heavy atom. The molecule has 2 rings (SSSR count). The summed E-state index contributed by atoms with van der Waals surface area (Å²) in [5.74, 6) is 0.591. The summed E-state index contributed by atoms with van der Waals surface area (Å²) in [4.78, 5) is 10.5. The molecule has 7 nitrogen and oxygen atoms in total. The average Bonchev–Trinajstić information content (AvgIpc) is 2.67. The highest BCUT2D eigenvalue weighted by molar-refractivity contribution is 7.91. The van der Waals surface area contributed by atoms with E-state index in [-0.39, 0.29) is 29.3 Å². The SMILES string of the molecule is CC(C)Oc1cc(NC2CCS(=O)(=O)C2)cc([N+](=O)[O-])c1. The third-order valence-electron chi connectivity index (χ3n) is 3.08. The van der Waals surface area contributed by atoms with Gasteiger partial charge >= 0.3 is 0 Å². The molecule has 1 heterocycles. The Morgan fingerprint density at radius 2 is 2.10 bits per heavy atom. The number of hydrogen-bond donors (Lipinski definition) is 1. The van der Waals surface area contributed by atoms with E-state index in [0.29, 0.717) is 17.9 Å². The number of rotatable bonds is 5. The van der Waals surface area contributed by atoms with Crippen molar-refractivity contribution in [3.63, 3.8) is 0 Å². The fourth-order valence-electron chi connectivity index (χ4n) is 2.26. The molecule has 8 heteroatoms. The van der Waals surface area contributed by atoms with Crippen molar-refractivity contribution in [1.82, 2.24) is 0 Å². The van der Waals surface area contributed by atoms with E-state index in [4.69, 9.17) is 4.74 Å². The maximum absolute atomic E-state index is 11.4. The molecular weight excluding hydrogens is 296 g/mol. The molecule has 0 amide bonds. The molecule has 1 aromatic carbocycles. The summed E-state index contributed by atoms with van der Waals surface area (Å²) in [6.45, 7) is 3.66. The van der Waals surface area contributed by atoms with Crippen LogP contribution in [0.3, 0.4) is 0 Å². The fraction of sp³-hybridized carbons (Fsp3) is 0.538. The first-order valence-electron chi connectivity index (χ1n) is 6.68. The first-order chi connectivity index (χ1) is 9.75. The molecule has 1 fully saturated rings. The van der Waals surface area contributed by atoms with Crippen molar-refractivity contribution in [2.75, 3.05) is 16.8 Å². The Kier molecular flexibility index (Phi) is 4.36. The van der Waals surface area contributed by atoms with E-state index in [1.807, 2.05) is 13.8 Å². The van der Waals surface area contributed by atoms with Crippen LogP contribution in [0.15, 0.2) is 18.2 Å². The number of non-ortho nitro benzene ring substituents is 1. The molecule has 1 aliphatic heterocycles. The molecule has 1 N–H and O–H groups in total. The number of nitrogens with one attached hydrogen (secondary N) is 1. The summed E-state index contributed by atoms with van der Waals surface area (Å²) < 4.78 is 28.4. The molecule has 0 radical (unpaired) electrons. The quantitative estimate of drug-likeness (QED) is 0.659. The standard InChI is InChI=1S/C13H18N2O5S/c1-9(2)20-13-6-11(5-12(7-13)15(16)17)14-10-3-4-21(18,19)8-10/h5-7,9-10,14H,3-4,8H2,1-2H3. The second-order valence-electron chi connectivity index (χ2n) is 5.38. The van der Waals surface area contributed by atoms with Gasteiger partial charge in [0.1, 0.15) is 5.75 Å². The average molecular weight is 314 g/mol. The predicted octanol–water partition coefficient (Wildman–Crippen LogP) is 1.98. The van der Waals surface area contributed by atoms with Crippen molar-refractivity contribution in [2.24, 2.45) is 0 Å². The Labute approximate surface area is 123 Å². The van der Waals surface area contributed by atoms with Crippen LogP contribution in [-0.4, -0.2) is 37.0 Å². The normalized spacial score (nSPS) is 20.4. The van der Waals surface area contributed by atoms with Gasteiger partial charge in [-0.15, -0.1) is 0 Å². The molecule has 0 aliphatic carbocycles. The highest BCUT2D eigenvalue weighted by Crippen LogP contribution is 2.28. The number of nitro benzene ring substituents is 1. The Morgan fingerprint density at radius 1 is 1.38 bits per heavy atom. The topological polar surface area (TPSA) is 98.5 Å². The number of ether oxygens (including phenoxy) is 1. The van der Waals surface area contributed by atoms with Crippen LogP contribution in [0.4, 0.5) is 11.4 Å². The van der Waals surface area contributed by atoms with Crippen LogP contribution >= 0.6 is 0 Å². The lowest BCUT2D eigenvalue weighted by Gasteiger charge is -2.15. The smallest absolute Gasteiger partial charge is 0.275 e. The van der Waals surface area contributed by atoms with Crippen LogP contribution < -0.4 is 10.1 Å². The second-order valence-corrected chi connectivity index (χ2v) is 7.61. The molecule has 0 spiro atoms. The highest BCUT2D eigenvalue weighted by atomic mass is 32.2. The zero-order valence-corrected chi connectivity index (χ0v) is 12.7. The number of nitro groups is 1. The molecule has 1 saturated heterocycles. The van der Waals surface area contributed by atoms with Gasteiger partial charge in [0, 0.05) is 23.9 Å². The molecule has 1 atom stereocenters. The summed E-state index contributed by atoms with van der Waals surface area (Å²) in [5.41, 5.74) is 0.415. The Hall–Kier alpha value is -1.83. The zero-order chi connectivity index (χ0) is 15.6. The van der Waals surface area contributed by atoms with E-state index >= 15 is 0 Å². The van der Waals surface area contributed by atoms with Crippen LogP contribution in [0.5, 0.6) is 5.75 Å². The van der Waals surface area contributed by atoms with E-state index in [0.717, 1.165) is 0 Å². The number of hydrogen-bond acceptors (Lipinski definition) is 6. The number of nitrogens with zero attached hydrogens (tertiary/aromatic N) is 1.